The van der Waals surface area contributed by atoms with Crippen molar-refractivity contribution < 1.29 is 9.13 Å². The van der Waals surface area contributed by atoms with E-state index >= 15 is 0 Å². The predicted molar refractivity (Wildman–Crippen MR) is 59.0 cm³/mol. The summed E-state index contributed by atoms with van der Waals surface area (Å²) in [6.45, 7) is 7.02. The van der Waals surface area contributed by atoms with Gasteiger partial charge in [0, 0.05) is 13.1 Å². The lowest BCUT2D eigenvalue weighted by molar-refractivity contribution is 0.297. The lowest BCUT2D eigenvalue weighted by Gasteiger charge is -2.26. The van der Waals surface area contributed by atoms with E-state index in [-0.39, 0.29) is 5.82 Å². The molecule has 0 amide bonds. The van der Waals surface area contributed by atoms with Crippen LogP contribution >= 0.6 is 0 Å². The Kier molecular flexibility index (Phi) is 3.88. The average molecular weight is 212 g/mol. The molecule has 0 aromatic carbocycles. The molecule has 0 fully saturated rings. The quantitative estimate of drug-likeness (QED) is 0.660. The van der Waals surface area contributed by atoms with Crippen molar-refractivity contribution in [2.75, 3.05) is 25.1 Å². The zero-order valence-electron chi connectivity index (χ0n) is 9.67. The summed E-state index contributed by atoms with van der Waals surface area (Å²) in [7, 11) is 1.90. The Bertz CT molecular complexity index is 342. The van der Waals surface area contributed by atoms with E-state index in [0.29, 0.717) is 18.2 Å². The SMILES string of the molecule is CC.Cc1nc2c(cc1F)N(C)CCO2. The summed E-state index contributed by atoms with van der Waals surface area (Å²) in [5.41, 5.74) is 1.11. The third kappa shape index (κ3) is 2.37. The molecule has 3 nitrogen and oxygen atoms in total. The third-order valence-electron chi connectivity index (χ3n) is 2.17. The second-order valence-electron chi connectivity index (χ2n) is 3.15. The molecule has 0 radical (unpaired) electrons. The number of aromatic nitrogens is 1. The number of pyridine rings is 1. The van der Waals surface area contributed by atoms with Crippen LogP contribution in [0.25, 0.3) is 0 Å². The Balaban J connectivity index is 0.000000531. The number of fused-ring (bicyclic) bond motifs is 1. The van der Waals surface area contributed by atoms with Gasteiger partial charge >= 0.3 is 0 Å². The molecule has 2 heterocycles. The van der Waals surface area contributed by atoms with E-state index in [9.17, 15) is 4.39 Å². The highest BCUT2D eigenvalue weighted by molar-refractivity contribution is 5.56. The van der Waals surface area contributed by atoms with Crippen molar-refractivity contribution >= 4 is 5.69 Å². The molecule has 1 aromatic heterocycles. The van der Waals surface area contributed by atoms with Gasteiger partial charge in [-0.25, -0.2) is 9.37 Å². The maximum atomic E-state index is 13.1. The van der Waals surface area contributed by atoms with E-state index in [4.69, 9.17) is 4.74 Å². The minimum Gasteiger partial charge on any atom is -0.474 e. The molecule has 2 rings (SSSR count). The zero-order valence-corrected chi connectivity index (χ0v) is 9.67. The lowest BCUT2D eigenvalue weighted by atomic mass is 10.3. The van der Waals surface area contributed by atoms with Crippen LogP contribution in [0, 0.1) is 12.7 Å². The standard InChI is InChI=1S/C9H11FN2O.C2H6/c1-6-7(10)5-8-9(11-6)13-4-3-12(8)2;1-2/h5H,3-4H2,1-2H3;1-2H3. The van der Waals surface area contributed by atoms with Gasteiger partial charge in [0.1, 0.15) is 18.1 Å². The van der Waals surface area contributed by atoms with Crippen LogP contribution in [-0.2, 0) is 0 Å². The van der Waals surface area contributed by atoms with Crippen LogP contribution < -0.4 is 9.64 Å². The van der Waals surface area contributed by atoms with E-state index in [2.05, 4.69) is 4.98 Å². The number of hydrogen-bond donors (Lipinski definition) is 0. The van der Waals surface area contributed by atoms with Gasteiger partial charge in [-0.15, -0.1) is 0 Å². The Morgan fingerprint density at radius 3 is 2.80 bits per heavy atom. The summed E-state index contributed by atoms with van der Waals surface area (Å²) in [5, 5.41) is 0. The van der Waals surface area contributed by atoms with Crippen molar-refractivity contribution in [3.05, 3.63) is 17.6 Å². The summed E-state index contributed by atoms with van der Waals surface area (Å²) in [5.74, 6) is 0.253. The first kappa shape index (κ1) is 11.8. The highest BCUT2D eigenvalue weighted by atomic mass is 19.1. The van der Waals surface area contributed by atoms with E-state index in [0.717, 1.165) is 12.2 Å². The van der Waals surface area contributed by atoms with Crippen LogP contribution in [-0.4, -0.2) is 25.2 Å². The minimum atomic E-state index is -0.281. The van der Waals surface area contributed by atoms with Crippen LogP contribution in [0.2, 0.25) is 0 Å². The Hall–Kier alpha value is -1.32. The lowest BCUT2D eigenvalue weighted by Crippen LogP contribution is -2.29. The van der Waals surface area contributed by atoms with Crippen molar-refractivity contribution in [3.8, 4) is 5.88 Å². The average Bonchev–Trinajstić information content (AvgIpc) is 2.24. The molecule has 1 aliphatic heterocycles. The van der Waals surface area contributed by atoms with Crippen molar-refractivity contribution in [1.29, 1.82) is 0 Å². The molecule has 0 bridgehead atoms. The third-order valence-corrected chi connectivity index (χ3v) is 2.17. The Morgan fingerprint density at radius 1 is 1.47 bits per heavy atom. The molecular formula is C11H17FN2O. The molecule has 0 unspecified atom stereocenters. The molecule has 1 aliphatic rings. The first-order chi connectivity index (χ1) is 7.18. The van der Waals surface area contributed by atoms with Crippen LogP contribution in [0.3, 0.4) is 0 Å². The van der Waals surface area contributed by atoms with Crippen LogP contribution in [0.4, 0.5) is 10.1 Å². The molecule has 0 saturated carbocycles. The van der Waals surface area contributed by atoms with Gasteiger partial charge in [0.25, 0.3) is 0 Å². The molecule has 0 N–H and O–H groups in total. The normalized spacial score (nSPS) is 13.5. The maximum Gasteiger partial charge on any atom is 0.238 e. The number of nitrogens with zero attached hydrogens (tertiary/aromatic N) is 2. The predicted octanol–water partition coefficient (Wildman–Crippen LogP) is 2.38. The number of ether oxygens (including phenoxy) is 1. The van der Waals surface area contributed by atoms with Crippen LogP contribution in [0.5, 0.6) is 5.88 Å². The van der Waals surface area contributed by atoms with Crippen LogP contribution in [0.15, 0.2) is 6.07 Å². The van der Waals surface area contributed by atoms with Crippen molar-refractivity contribution in [2.24, 2.45) is 0 Å². The van der Waals surface area contributed by atoms with Gasteiger partial charge in [-0.1, -0.05) is 13.8 Å². The fourth-order valence-corrected chi connectivity index (χ4v) is 1.33. The van der Waals surface area contributed by atoms with Gasteiger partial charge < -0.3 is 9.64 Å². The van der Waals surface area contributed by atoms with Crippen molar-refractivity contribution in [3.63, 3.8) is 0 Å². The second kappa shape index (κ2) is 4.96. The van der Waals surface area contributed by atoms with Gasteiger partial charge in [0.05, 0.1) is 12.2 Å². The molecule has 84 valence electrons. The number of anilines is 1. The summed E-state index contributed by atoms with van der Waals surface area (Å²) in [6.07, 6.45) is 0. The summed E-state index contributed by atoms with van der Waals surface area (Å²) in [6, 6.07) is 1.47. The highest BCUT2D eigenvalue weighted by Crippen LogP contribution is 2.29. The van der Waals surface area contributed by atoms with Crippen molar-refractivity contribution in [1.82, 2.24) is 4.98 Å². The highest BCUT2D eigenvalue weighted by Gasteiger charge is 2.18. The van der Waals surface area contributed by atoms with E-state index in [1.165, 1.54) is 6.07 Å². The number of rotatable bonds is 0. The number of likely N-dealkylation sites (N-methyl/N-ethyl adjacent to an activating group) is 1. The first-order valence-corrected chi connectivity index (χ1v) is 5.19. The molecule has 0 spiro atoms. The minimum absolute atomic E-state index is 0.281. The number of aryl methyl sites for hydroxylation is 1. The van der Waals surface area contributed by atoms with Crippen molar-refractivity contribution in [2.45, 2.75) is 20.8 Å². The maximum absolute atomic E-state index is 13.1. The molecule has 0 aliphatic carbocycles. The summed E-state index contributed by atoms with van der Waals surface area (Å²) >= 11 is 0. The van der Waals surface area contributed by atoms with Gasteiger partial charge in [-0.05, 0) is 6.92 Å². The Labute approximate surface area is 89.9 Å². The smallest absolute Gasteiger partial charge is 0.238 e. The van der Waals surface area contributed by atoms with E-state index in [1.54, 1.807) is 6.92 Å². The number of hydrogen-bond acceptors (Lipinski definition) is 3. The number of halogens is 1. The largest absolute Gasteiger partial charge is 0.474 e. The van der Waals surface area contributed by atoms with Gasteiger partial charge in [0.15, 0.2) is 0 Å². The van der Waals surface area contributed by atoms with Crippen LogP contribution in [0.1, 0.15) is 19.5 Å². The molecular weight excluding hydrogens is 195 g/mol. The second-order valence-corrected chi connectivity index (χ2v) is 3.15. The zero-order chi connectivity index (χ0) is 11.4. The van der Waals surface area contributed by atoms with Gasteiger partial charge in [-0.2, -0.15) is 0 Å². The Morgan fingerprint density at radius 2 is 2.13 bits per heavy atom. The van der Waals surface area contributed by atoms with Gasteiger partial charge in [0.2, 0.25) is 5.88 Å². The van der Waals surface area contributed by atoms with E-state index < -0.39 is 0 Å². The fraction of sp³-hybridized carbons (Fsp3) is 0.545. The summed E-state index contributed by atoms with van der Waals surface area (Å²) < 4.78 is 18.4. The topological polar surface area (TPSA) is 25.4 Å². The molecule has 4 heteroatoms. The van der Waals surface area contributed by atoms with E-state index in [1.807, 2.05) is 25.8 Å². The monoisotopic (exact) mass is 212 g/mol. The fourth-order valence-electron chi connectivity index (χ4n) is 1.33. The van der Waals surface area contributed by atoms with Gasteiger partial charge in [-0.3, -0.25) is 0 Å². The molecule has 15 heavy (non-hydrogen) atoms. The first-order valence-electron chi connectivity index (χ1n) is 5.19. The molecule has 0 atom stereocenters. The molecule has 1 aromatic rings. The molecule has 0 saturated heterocycles. The summed E-state index contributed by atoms with van der Waals surface area (Å²) in [4.78, 5) is 5.96.